The van der Waals surface area contributed by atoms with Crippen LogP contribution in [-0.2, 0) is 13.5 Å². The molecule has 18 heavy (non-hydrogen) atoms. The van der Waals surface area contributed by atoms with Crippen molar-refractivity contribution in [3.8, 4) is 0 Å². The topological polar surface area (TPSA) is 38.0 Å². The number of hydrogen-bond donors (Lipinski definition) is 1. The third-order valence-electron chi connectivity index (χ3n) is 2.59. The standard InChI is InChI=1S/C12H11ClF2N2O/c1-17-6-7(5-16-17)2-12(18)8-3-11(15)9(13)4-10(8)14/h3-6,12,18H,2H2,1H3. The van der Waals surface area contributed by atoms with Gasteiger partial charge in [0.25, 0.3) is 0 Å². The van der Waals surface area contributed by atoms with Gasteiger partial charge in [0.1, 0.15) is 11.6 Å². The number of hydrogen-bond acceptors (Lipinski definition) is 2. The quantitative estimate of drug-likeness (QED) is 0.873. The van der Waals surface area contributed by atoms with E-state index in [1.165, 1.54) is 0 Å². The van der Waals surface area contributed by atoms with Gasteiger partial charge in [-0.15, -0.1) is 0 Å². The average molecular weight is 273 g/mol. The van der Waals surface area contributed by atoms with Crippen molar-refractivity contribution in [1.29, 1.82) is 0 Å². The zero-order valence-electron chi connectivity index (χ0n) is 9.57. The Morgan fingerprint density at radius 1 is 1.39 bits per heavy atom. The summed E-state index contributed by atoms with van der Waals surface area (Å²) in [5, 5.41) is 13.5. The lowest BCUT2D eigenvalue weighted by Crippen LogP contribution is -2.05. The van der Waals surface area contributed by atoms with Crippen LogP contribution in [0.4, 0.5) is 8.78 Å². The van der Waals surface area contributed by atoms with Crippen LogP contribution >= 0.6 is 11.6 Å². The molecule has 6 heteroatoms. The highest BCUT2D eigenvalue weighted by Gasteiger charge is 2.17. The van der Waals surface area contributed by atoms with Crippen LogP contribution in [0.3, 0.4) is 0 Å². The number of halogens is 3. The maximum Gasteiger partial charge on any atom is 0.142 e. The molecule has 0 saturated heterocycles. The third kappa shape index (κ3) is 2.68. The van der Waals surface area contributed by atoms with Gasteiger partial charge in [-0.1, -0.05) is 11.6 Å². The van der Waals surface area contributed by atoms with Crippen molar-refractivity contribution >= 4 is 11.6 Å². The SMILES string of the molecule is Cn1cc(CC(O)c2cc(F)c(Cl)cc2F)cn1. The van der Waals surface area contributed by atoms with Gasteiger partial charge in [0.05, 0.1) is 17.3 Å². The number of nitrogens with zero attached hydrogens (tertiary/aromatic N) is 2. The molecule has 1 aromatic heterocycles. The van der Waals surface area contributed by atoms with E-state index in [0.29, 0.717) is 0 Å². The monoisotopic (exact) mass is 272 g/mol. The Morgan fingerprint density at radius 2 is 2.11 bits per heavy atom. The first kappa shape index (κ1) is 13.0. The number of rotatable bonds is 3. The van der Waals surface area contributed by atoms with Gasteiger partial charge in [-0.25, -0.2) is 8.78 Å². The second kappa shape index (κ2) is 5.04. The molecule has 0 amide bonds. The fourth-order valence-electron chi connectivity index (χ4n) is 1.70. The molecule has 96 valence electrons. The predicted octanol–water partition coefficient (Wildman–Crippen LogP) is 2.63. The molecule has 2 rings (SSSR count). The number of aromatic nitrogens is 2. The van der Waals surface area contributed by atoms with Gasteiger partial charge in [-0.3, -0.25) is 4.68 Å². The Kier molecular flexibility index (Phi) is 3.63. The molecule has 0 fully saturated rings. The highest BCUT2D eigenvalue weighted by molar-refractivity contribution is 6.30. The lowest BCUT2D eigenvalue weighted by Gasteiger charge is -2.11. The van der Waals surface area contributed by atoms with E-state index in [1.54, 1.807) is 24.1 Å². The van der Waals surface area contributed by atoms with Gasteiger partial charge in [-0.05, 0) is 17.7 Å². The summed E-state index contributed by atoms with van der Waals surface area (Å²) in [6.45, 7) is 0. The zero-order valence-corrected chi connectivity index (χ0v) is 10.3. The molecule has 1 atom stereocenters. The molecule has 2 aromatic rings. The molecule has 0 spiro atoms. The summed E-state index contributed by atoms with van der Waals surface area (Å²) >= 11 is 5.44. The molecule has 0 saturated carbocycles. The van der Waals surface area contributed by atoms with E-state index < -0.39 is 17.7 Å². The number of aliphatic hydroxyl groups is 1. The van der Waals surface area contributed by atoms with Gasteiger partial charge in [-0.2, -0.15) is 5.10 Å². The second-order valence-corrected chi connectivity index (χ2v) is 4.44. The minimum Gasteiger partial charge on any atom is -0.388 e. The Bertz CT molecular complexity index is 571. The van der Waals surface area contributed by atoms with Crippen molar-refractivity contribution in [2.75, 3.05) is 0 Å². The summed E-state index contributed by atoms with van der Waals surface area (Å²) in [6, 6.07) is 1.78. The summed E-state index contributed by atoms with van der Waals surface area (Å²) in [5.74, 6) is -1.48. The van der Waals surface area contributed by atoms with Crippen LogP contribution in [-0.4, -0.2) is 14.9 Å². The molecule has 0 aliphatic carbocycles. The van der Waals surface area contributed by atoms with Gasteiger partial charge in [0.2, 0.25) is 0 Å². The van der Waals surface area contributed by atoms with E-state index in [9.17, 15) is 13.9 Å². The van der Waals surface area contributed by atoms with E-state index >= 15 is 0 Å². The van der Waals surface area contributed by atoms with Crippen LogP contribution in [0.1, 0.15) is 17.2 Å². The Hall–Kier alpha value is -1.46. The van der Waals surface area contributed by atoms with Crippen LogP contribution in [0.15, 0.2) is 24.5 Å². The fraction of sp³-hybridized carbons (Fsp3) is 0.250. The number of benzene rings is 1. The molecule has 3 nitrogen and oxygen atoms in total. The third-order valence-corrected chi connectivity index (χ3v) is 2.88. The molecule has 0 radical (unpaired) electrons. The summed E-state index contributed by atoms with van der Waals surface area (Å²) < 4.78 is 28.4. The molecule has 1 N–H and O–H groups in total. The van der Waals surface area contributed by atoms with Gasteiger partial charge in [0.15, 0.2) is 0 Å². The van der Waals surface area contributed by atoms with E-state index in [-0.39, 0.29) is 17.0 Å². The normalized spacial score (nSPS) is 12.7. The molecule has 1 heterocycles. The number of aliphatic hydroxyl groups excluding tert-OH is 1. The van der Waals surface area contributed by atoms with Crippen molar-refractivity contribution in [3.05, 3.63) is 52.3 Å². The van der Waals surface area contributed by atoms with Crippen molar-refractivity contribution in [2.45, 2.75) is 12.5 Å². The van der Waals surface area contributed by atoms with Crippen molar-refractivity contribution in [3.63, 3.8) is 0 Å². The fourth-order valence-corrected chi connectivity index (χ4v) is 1.85. The maximum atomic E-state index is 13.6. The van der Waals surface area contributed by atoms with Crippen molar-refractivity contribution in [2.24, 2.45) is 7.05 Å². The van der Waals surface area contributed by atoms with Gasteiger partial charge >= 0.3 is 0 Å². The summed E-state index contributed by atoms with van der Waals surface area (Å²) in [4.78, 5) is 0. The van der Waals surface area contributed by atoms with Crippen LogP contribution < -0.4 is 0 Å². The molecule has 1 unspecified atom stereocenters. The average Bonchev–Trinajstić information content (AvgIpc) is 2.69. The summed E-state index contributed by atoms with van der Waals surface area (Å²) in [5.41, 5.74) is 0.625. The van der Waals surface area contributed by atoms with E-state index in [4.69, 9.17) is 11.6 Å². The van der Waals surface area contributed by atoms with Crippen LogP contribution in [0.5, 0.6) is 0 Å². The highest BCUT2D eigenvalue weighted by Crippen LogP contribution is 2.25. The minimum absolute atomic E-state index is 0.110. The maximum absolute atomic E-state index is 13.6. The predicted molar refractivity (Wildman–Crippen MR) is 63.2 cm³/mol. The molecular formula is C12H11ClF2N2O. The largest absolute Gasteiger partial charge is 0.388 e. The van der Waals surface area contributed by atoms with E-state index in [2.05, 4.69) is 5.10 Å². The summed E-state index contributed by atoms with van der Waals surface area (Å²) in [7, 11) is 1.73. The van der Waals surface area contributed by atoms with Crippen molar-refractivity contribution in [1.82, 2.24) is 9.78 Å². The molecule has 0 aliphatic rings. The molecule has 0 bridgehead atoms. The molecule has 1 aromatic carbocycles. The van der Waals surface area contributed by atoms with Crippen molar-refractivity contribution < 1.29 is 13.9 Å². The first-order valence-corrected chi connectivity index (χ1v) is 5.65. The first-order chi connectivity index (χ1) is 8.47. The van der Waals surface area contributed by atoms with E-state index in [0.717, 1.165) is 17.7 Å². The lowest BCUT2D eigenvalue weighted by molar-refractivity contribution is 0.173. The minimum atomic E-state index is -1.14. The first-order valence-electron chi connectivity index (χ1n) is 5.27. The second-order valence-electron chi connectivity index (χ2n) is 4.03. The Morgan fingerprint density at radius 3 is 2.72 bits per heavy atom. The van der Waals surface area contributed by atoms with Crippen LogP contribution in [0.2, 0.25) is 5.02 Å². The van der Waals surface area contributed by atoms with Crippen LogP contribution in [0, 0.1) is 11.6 Å². The Labute approximate surface area is 108 Å². The highest BCUT2D eigenvalue weighted by atomic mass is 35.5. The number of aryl methyl sites for hydroxylation is 1. The summed E-state index contributed by atoms with van der Waals surface area (Å²) in [6.07, 6.45) is 2.29. The lowest BCUT2D eigenvalue weighted by atomic mass is 10.0. The zero-order chi connectivity index (χ0) is 13.3. The van der Waals surface area contributed by atoms with Crippen LogP contribution in [0.25, 0.3) is 0 Å². The smallest absolute Gasteiger partial charge is 0.142 e. The van der Waals surface area contributed by atoms with Gasteiger partial charge in [0, 0.05) is 25.2 Å². The molecular weight excluding hydrogens is 262 g/mol. The van der Waals surface area contributed by atoms with Gasteiger partial charge < -0.3 is 5.11 Å². The molecule has 0 aliphatic heterocycles. The Balaban J connectivity index is 2.23. The van der Waals surface area contributed by atoms with E-state index in [1.807, 2.05) is 0 Å².